The van der Waals surface area contributed by atoms with Crippen LogP contribution < -0.4 is 9.64 Å². The van der Waals surface area contributed by atoms with Crippen LogP contribution in [0.5, 0.6) is 5.75 Å². The third-order valence-electron chi connectivity index (χ3n) is 3.72. The number of aryl methyl sites for hydroxylation is 2. The Bertz CT molecular complexity index is 777. The van der Waals surface area contributed by atoms with Crippen LogP contribution in [0.4, 0.5) is 27.6 Å². The molecule has 0 atom stereocenters. The van der Waals surface area contributed by atoms with Gasteiger partial charge in [-0.05, 0) is 19.4 Å². The third-order valence-corrected chi connectivity index (χ3v) is 3.72. The lowest BCUT2D eigenvalue weighted by Crippen LogP contribution is -2.34. The van der Waals surface area contributed by atoms with Crippen LogP contribution in [0.15, 0.2) is 12.1 Å². The highest BCUT2D eigenvalue weighted by Gasteiger charge is 2.31. The molecule has 0 saturated heterocycles. The number of nitrogens with zero attached hydrogens (tertiary/aromatic N) is 1. The Kier molecular flexibility index (Phi) is 3.66. The minimum atomic E-state index is -2.17. The quantitative estimate of drug-likeness (QED) is 0.438. The fourth-order valence-corrected chi connectivity index (χ4v) is 2.77. The van der Waals surface area contributed by atoms with Crippen LogP contribution in [0.2, 0.25) is 0 Å². The van der Waals surface area contributed by atoms with Gasteiger partial charge in [-0.15, -0.1) is 0 Å². The van der Waals surface area contributed by atoms with Crippen molar-refractivity contribution >= 4 is 5.69 Å². The Labute approximate surface area is 129 Å². The molecule has 0 radical (unpaired) electrons. The standard InChI is InChI=1S/C16H12F5NO/c1-7-3-8(2)16-9(4-7)5-22(6-23-16)15-13(20)11(18)10(17)12(19)14(15)21/h3-4H,5-6H2,1-2H3. The van der Waals surface area contributed by atoms with Crippen LogP contribution in [-0.4, -0.2) is 6.73 Å². The highest BCUT2D eigenvalue weighted by molar-refractivity contribution is 5.54. The van der Waals surface area contributed by atoms with E-state index in [-0.39, 0.29) is 13.3 Å². The number of fused-ring (bicyclic) bond motifs is 1. The molecule has 0 unspecified atom stereocenters. The summed E-state index contributed by atoms with van der Waals surface area (Å²) in [6, 6.07) is 3.63. The third kappa shape index (κ3) is 2.40. The number of hydrogen-bond acceptors (Lipinski definition) is 2. The molecule has 0 bridgehead atoms. The molecule has 1 aliphatic rings. The Morgan fingerprint density at radius 3 is 2.04 bits per heavy atom. The maximum absolute atomic E-state index is 13.9. The van der Waals surface area contributed by atoms with Crippen LogP contribution in [0.1, 0.15) is 16.7 Å². The van der Waals surface area contributed by atoms with Crippen molar-refractivity contribution in [3.63, 3.8) is 0 Å². The van der Waals surface area contributed by atoms with Gasteiger partial charge in [-0.25, -0.2) is 22.0 Å². The number of hydrogen-bond donors (Lipinski definition) is 0. The van der Waals surface area contributed by atoms with Crippen LogP contribution in [0.3, 0.4) is 0 Å². The van der Waals surface area contributed by atoms with Gasteiger partial charge in [0.2, 0.25) is 5.82 Å². The number of rotatable bonds is 1. The molecule has 1 aliphatic heterocycles. The first-order valence-corrected chi connectivity index (χ1v) is 6.80. The normalized spacial score (nSPS) is 13.8. The van der Waals surface area contributed by atoms with E-state index in [1.54, 1.807) is 6.07 Å². The molecule has 0 fully saturated rings. The molecule has 0 spiro atoms. The second-order valence-corrected chi connectivity index (χ2v) is 5.46. The smallest absolute Gasteiger partial charge is 0.200 e. The summed E-state index contributed by atoms with van der Waals surface area (Å²) in [5.41, 5.74) is 1.39. The van der Waals surface area contributed by atoms with Gasteiger partial charge in [0.25, 0.3) is 0 Å². The predicted molar refractivity (Wildman–Crippen MR) is 73.8 cm³/mol. The van der Waals surface area contributed by atoms with Crippen molar-refractivity contribution in [2.24, 2.45) is 0 Å². The minimum absolute atomic E-state index is 0.0177. The Balaban J connectivity index is 2.08. The van der Waals surface area contributed by atoms with E-state index in [1.807, 2.05) is 19.9 Å². The van der Waals surface area contributed by atoms with E-state index in [1.165, 1.54) is 0 Å². The molecule has 0 saturated carbocycles. The molecule has 1 heterocycles. The van der Waals surface area contributed by atoms with Crippen LogP contribution in [0.25, 0.3) is 0 Å². The lowest BCUT2D eigenvalue weighted by atomic mass is 10.0. The Morgan fingerprint density at radius 2 is 1.43 bits per heavy atom. The first-order valence-electron chi connectivity index (χ1n) is 6.80. The van der Waals surface area contributed by atoms with Crippen LogP contribution in [0, 0.1) is 42.9 Å². The second kappa shape index (κ2) is 5.40. The summed E-state index contributed by atoms with van der Waals surface area (Å²) >= 11 is 0. The number of anilines is 1. The molecular weight excluding hydrogens is 317 g/mol. The lowest BCUT2D eigenvalue weighted by Gasteiger charge is -2.32. The average molecular weight is 329 g/mol. The molecule has 0 N–H and O–H groups in total. The number of benzene rings is 2. The molecule has 2 nitrogen and oxygen atoms in total. The Morgan fingerprint density at radius 1 is 0.870 bits per heavy atom. The summed E-state index contributed by atoms with van der Waals surface area (Å²) in [5.74, 6) is -9.27. The topological polar surface area (TPSA) is 12.5 Å². The molecule has 122 valence electrons. The van der Waals surface area contributed by atoms with Crippen molar-refractivity contribution in [3.05, 3.63) is 57.9 Å². The van der Waals surface area contributed by atoms with E-state index >= 15 is 0 Å². The summed E-state index contributed by atoms with van der Waals surface area (Å²) in [5, 5.41) is 0. The van der Waals surface area contributed by atoms with Crippen molar-refractivity contribution in [1.29, 1.82) is 0 Å². The van der Waals surface area contributed by atoms with Crippen molar-refractivity contribution in [2.75, 3.05) is 11.6 Å². The van der Waals surface area contributed by atoms with E-state index in [9.17, 15) is 22.0 Å². The van der Waals surface area contributed by atoms with Crippen LogP contribution in [-0.2, 0) is 6.54 Å². The van der Waals surface area contributed by atoms with Gasteiger partial charge in [0.05, 0.1) is 6.54 Å². The van der Waals surface area contributed by atoms with E-state index in [2.05, 4.69) is 0 Å². The first kappa shape index (κ1) is 15.6. The second-order valence-electron chi connectivity index (χ2n) is 5.46. The van der Waals surface area contributed by atoms with E-state index in [0.717, 1.165) is 16.0 Å². The molecule has 2 aromatic rings. The van der Waals surface area contributed by atoms with E-state index in [4.69, 9.17) is 4.74 Å². The van der Waals surface area contributed by atoms with Crippen molar-refractivity contribution < 1.29 is 26.7 Å². The number of ether oxygens (including phenoxy) is 1. The fraction of sp³-hybridized carbons (Fsp3) is 0.250. The molecule has 7 heteroatoms. The molecular formula is C16H12F5NO. The maximum Gasteiger partial charge on any atom is 0.200 e. The monoisotopic (exact) mass is 329 g/mol. The van der Waals surface area contributed by atoms with Gasteiger partial charge in [-0.1, -0.05) is 17.7 Å². The molecule has 23 heavy (non-hydrogen) atoms. The van der Waals surface area contributed by atoms with Gasteiger partial charge < -0.3 is 9.64 Å². The predicted octanol–water partition coefficient (Wildman–Crippen LogP) is 4.36. The molecule has 0 aromatic heterocycles. The molecule has 3 rings (SSSR count). The maximum atomic E-state index is 13.9. The van der Waals surface area contributed by atoms with E-state index < -0.39 is 34.8 Å². The summed E-state index contributed by atoms with van der Waals surface area (Å²) in [6.45, 7) is 3.33. The zero-order valence-electron chi connectivity index (χ0n) is 12.3. The first-order chi connectivity index (χ1) is 10.8. The van der Waals surface area contributed by atoms with Gasteiger partial charge in [0.1, 0.15) is 11.4 Å². The van der Waals surface area contributed by atoms with Gasteiger partial charge >= 0.3 is 0 Å². The largest absolute Gasteiger partial charge is 0.472 e. The highest BCUT2D eigenvalue weighted by Crippen LogP contribution is 2.36. The minimum Gasteiger partial charge on any atom is -0.472 e. The molecule has 2 aromatic carbocycles. The van der Waals surface area contributed by atoms with E-state index in [0.29, 0.717) is 11.3 Å². The van der Waals surface area contributed by atoms with Crippen molar-refractivity contribution in [1.82, 2.24) is 0 Å². The van der Waals surface area contributed by atoms with Crippen molar-refractivity contribution in [2.45, 2.75) is 20.4 Å². The van der Waals surface area contributed by atoms with Crippen LogP contribution >= 0.6 is 0 Å². The molecule has 0 amide bonds. The highest BCUT2D eigenvalue weighted by atomic mass is 19.2. The summed E-state index contributed by atoms with van der Waals surface area (Å²) in [4.78, 5) is 0.984. The molecule has 0 aliphatic carbocycles. The zero-order chi connectivity index (χ0) is 16.9. The lowest BCUT2D eigenvalue weighted by molar-refractivity contribution is 0.280. The number of halogens is 5. The van der Waals surface area contributed by atoms with Gasteiger partial charge in [0.15, 0.2) is 30.0 Å². The summed E-state index contributed by atoms with van der Waals surface area (Å²) < 4.78 is 73.1. The van der Waals surface area contributed by atoms with Gasteiger partial charge in [0, 0.05) is 5.56 Å². The van der Waals surface area contributed by atoms with Gasteiger partial charge in [-0.3, -0.25) is 0 Å². The fourth-order valence-electron chi connectivity index (χ4n) is 2.77. The Hall–Kier alpha value is -2.31. The summed E-state index contributed by atoms with van der Waals surface area (Å²) in [7, 11) is 0. The summed E-state index contributed by atoms with van der Waals surface area (Å²) in [6.07, 6.45) is 0. The zero-order valence-corrected chi connectivity index (χ0v) is 12.3. The average Bonchev–Trinajstić information content (AvgIpc) is 2.50. The van der Waals surface area contributed by atoms with Crippen molar-refractivity contribution in [3.8, 4) is 5.75 Å². The van der Waals surface area contributed by atoms with Gasteiger partial charge in [-0.2, -0.15) is 0 Å². The SMILES string of the molecule is Cc1cc(C)c2c(c1)CN(c1c(F)c(F)c(F)c(F)c1F)CO2.